The van der Waals surface area contributed by atoms with Crippen molar-refractivity contribution in [2.24, 2.45) is 5.92 Å². The predicted molar refractivity (Wildman–Crippen MR) is 46.2 cm³/mol. The SMILES string of the molecule is CC(C)COC(=O)Nc1ncn[nH]1. The summed E-state index contributed by atoms with van der Waals surface area (Å²) in [5.74, 6) is 0.606. The van der Waals surface area contributed by atoms with Crippen molar-refractivity contribution in [1.29, 1.82) is 0 Å². The van der Waals surface area contributed by atoms with Gasteiger partial charge in [-0.05, 0) is 5.92 Å². The summed E-state index contributed by atoms with van der Waals surface area (Å²) in [5, 5.41) is 8.43. The van der Waals surface area contributed by atoms with Gasteiger partial charge in [0, 0.05) is 0 Å². The Hall–Kier alpha value is -1.59. The minimum Gasteiger partial charge on any atom is -0.449 e. The van der Waals surface area contributed by atoms with E-state index < -0.39 is 6.09 Å². The number of nitrogens with zero attached hydrogens (tertiary/aromatic N) is 2. The number of carbonyl (C=O) groups is 1. The molecule has 13 heavy (non-hydrogen) atoms. The van der Waals surface area contributed by atoms with Gasteiger partial charge in [0.05, 0.1) is 6.61 Å². The standard InChI is InChI=1S/C7H12N4O2/c1-5(2)3-13-7(12)10-6-8-4-9-11-6/h4-5H,3H2,1-2H3,(H2,8,9,10,11,12). The van der Waals surface area contributed by atoms with E-state index in [1.807, 2.05) is 13.8 Å². The van der Waals surface area contributed by atoms with Gasteiger partial charge in [-0.2, -0.15) is 10.1 Å². The first kappa shape index (κ1) is 9.50. The van der Waals surface area contributed by atoms with Gasteiger partial charge in [0.2, 0.25) is 5.95 Å². The van der Waals surface area contributed by atoms with Crippen LogP contribution in [0, 0.1) is 5.92 Å². The van der Waals surface area contributed by atoms with Gasteiger partial charge in [-0.1, -0.05) is 13.8 Å². The molecule has 1 aromatic heterocycles. The topological polar surface area (TPSA) is 79.9 Å². The zero-order valence-corrected chi connectivity index (χ0v) is 7.57. The summed E-state index contributed by atoms with van der Waals surface area (Å²) < 4.78 is 4.84. The number of hydrogen-bond donors (Lipinski definition) is 2. The van der Waals surface area contributed by atoms with Crippen LogP contribution in [0.1, 0.15) is 13.8 Å². The lowest BCUT2D eigenvalue weighted by Crippen LogP contribution is -2.17. The zero-order valence-electron chi connectivity index (χ0n) is 7.57. The summed E-state index contributed by atoms with van der Waals surface area (Å²) in [6.45, 7) is 4.31. The predicted octanol–water partition coefficient (Wildman–Crippen LogP) is 1.01. The van der Waals surface area contributed by atoms with E-state index in [1.54, 1.807) is 0 Å². The van der Waals surface area contributed by atoms with E-state index in [4.69, 9.17) is 4.74 Å². The Bertz CT molecular complexity index is 257. The molecule has 1 amide bonds. The second kappa shape index (κ2) is 4.44. The van der Waals surface area contributed by atoms with Crippen LogP contribution in [0.5, 0.6) is 0 Å². The van der Waals surface area contributed by atoms with Crippen molar-refractivity contribution in [3.05, 3.63) is 6.33 Å². The van der Waals surface area contributed by atoms with Crippen LogP contribution in [0.3, 0.4) is 0 Å². The van der Waals surface area contributed by atoms with E-state index >= 15 is 0 Å². The Morgan fingerprint density at radius 3 is 3.08 bits per heavy atom. The number of carbonyl (C=O) groups excluding carboxylic acids is 1. The molecule has 1 aromatic rings. The van der Waals surface area contributed by atoms with Crippen LogP contribution in [0.15, 0.2) is 6.33 Å². The molecular formula is C7H12N4O2. The van der Waals surface area contributed by atoms with E-state index in [-0.39, 0.29) is 5.95 Å². The molecule has 1 rings (SSSR count). The minimum absolute atomic E-state index is 0.286. The number of ether oxygens (including phenoxy) is 1. The minimum atomic E-state index is -0.523. The molecule has 0 atom stereocenters. The maximum atomic E-state index is 11.0. The van der Waals surface area contributed by atoms with Crippen LogP contribution in [-0.4, -0.2) is 27.9 Å². The van der Waals surface area contributed by atoms with E-state index in [2.05, 4.69) is 20.5 Å². The molecule has 0 aliphatic heterocycles. The van der Waals surface area contributed by atoms with Gasteiger partial charge < -0.3 is 4.74 Å². The van der Waals surface area contributed by atoms with Crippen LogP contribution < -0.4 is 5.32 Å². The molecular weight excluding hydrogens is 172 g/mol. The number of anilines is 1. The highest BCUT2D eigenvalue weighted by Crippen LogP contribution is 1.97. The summed E-state index contributed by atoms with van der Waals surface area (Å²) in [6.07, 6.45) is 0.781. The first-order valence-corrected chi connectivity index (χ1v) is 3.97. The molecule has 0 saturated heterocycles. The Kier molecular flexibility index (Phi) is 3.24. The molecule has 0 bridgehead atoms. The van der Waals surface area contributed by atoms with Crippen molar-refractivity contribution in [2.45, 2.75) is 13.8 Å². The van der Waals surface area contributed by atoms with Gasteiger partial charge in [-0.3, -0.25) is 5.32 Å². The van der Waals surface area contributed by atoms with Crippen LogP contribution in [0.2, 0.25) is 0 Å². The number of hydrogen-bond acceptors (Lipinski definition) is 4. The van der Waals surface area contributed by atoms with E-state index in [9.17, 15) is 4.79 Å². The molecule has 0 aromatic carbocycles. The number of aromatic amines is 1. The van der Waals surface area contributed by atoms with Crippen LogP contribution in [0.25, 0.3) is 0 Å². The Balaban J connectivity index is 2.26. The lowest BCUT2D eigenvalue weighted by Gasteiger charge is -2.06. The maximum Gasteiger partial charge on any atom is 0.414 e. The molecule has 0 unspecified atom stereocenters. The Morgan fingerprint density at radius 2 is 2.54 bits per heavy atom. The van der Waals surface area contributed by atoms with Gasteiger partial charge in [0.15, 0.2) is 0 Å². The fraction of sp³-hybridized carbons (Fsp3) is 0.571. The highest BCUT2D eigenvalue weighted by Gasteiger charge is 2.05. The molecule has 0 spiro atoms. The highest BCUT2D eigenvalue weighted by molar-refractivity contribution is 5.81. The third-order valence-corrected chi connectivity index (χ3v) is 1.18. The molecule has 6 heteroatoms. The van der Waals surface area contributed by atoms with Crippen molar-refractivity contribution in [3.63, 3.8) is 0 Å². The fourth-order valence-corrected chi connectivity index (χ4v) is 0.641. The van der Waals surface area contributed by atoms with Gasteiger partial charge in [-0.15, -0.1) is 0 Å². The second-order valence-electron chi connectivity index (χ2n) is 2.95. The average molecular weight is 184 g/mol. The first-order chi connectivity index (χ1) is 6.18. The summed E-state index contributed by atoms with van der Waals surface area (Å²) in [7, 11) is 0. The molecule has 2 N–H and O–H groups in total. The van der Waals surface area contributed by atoms with Gasteiger partial charge in [-0.25, -0.2) is 9.89 Å². The van der Waals surface area contributed by atoms with Crippen molar-refractivity contribution in [1.82, 2.24) is 15.2 Å². The van der Waals surface area contributed by atoms with Gasteiger partial charge >= 0.3 is 6.09 Å². The number of amides is 1. The number of H-pyrrole nitrogens is 1. The first-order valence-electron chi connectivity index (χ1n) is 3.97. The molecule has 72 valence electrons. The summed E-state index contributed by atoms with van der Waals surface area (Å²) in [6, 6.07) is 0. The Morgan fingerprint density at radius 1 is 1.77 bits per heavy atom. The monoisotopic (exact) mass is 184 g/mol. The van der Waals surface area contributed by atoms with Crippen LogP contribution in [-0.2, 0) is 4.74 Å². The second-order valence-corrected chi connectivity index (χ2v) is 2.95. The van der Waals surface area contributed by atoms with Gasteiger partial charge in [0.25, 0.3) is 0 Å². The van der Waals surface area contributed by atoms with Crippen LogP contribution >= 0.6 is 0 Å². The van der Waals surface area contributed by atoms with E-state index in [0.717, 1.165) is 0 Å². The summed E-state index contributed by atoms with van der Waals surface area (Å²) >= 11 is 0. The van der Waals surface area contributed by atoms with Crippen molar-refractivity contribution < 1.29 is 9.53 Å². The zero-order chi connectivity index (χ0) is 9.68. The van der Waals surface area contributed by atoms with E-state index in [0.29, 0.717) is 12.5 Å². The van der Waals surface area contributed by atoms with Crippen molar-refractivity contribution >= 4 is 12.0 Å². The molecule has 1 heterocycles. The van der Waals surface area contributed by atoms with Crippen LogP contribution in [0.4, 0.5) is 10.7 Å². The molecule has 0 saturated carbocycles. The largest absolute Gasteiger partial charge is 0.449 e. The normalized spacial score (nSPS) is 10.1. The highest BCUT2D eigenvalue weighted by atomic mass is 16.5. The van der Waals surface area contributed by atoms with E-state index in [1.165, 1.54) is 6.33 Å². The molecule has 0 radical (unpaired) electrons. The molecule has 6 nitrogen and oxygen atoms in total. The maximum absolute atomic E-state index is 11.0. The van der Waals surface area contributed by atoms with Crippen molar-refractivity contribution in [3.8, 4) is 0 Å². The van der Waals surface area contributed by atoms with Gasteiger partial charge in [0.1, 0.15) is 6.33 Å². The lowest BCUT2D eigenvalue weighted by atomic mass is 10.2. The third kappa shape index (κ3) is 3.55. The molecule has 0 aliphatic carbocycles. The quantitative estimate of drug-likeness (QED) is 0.734. The molecule has 0 aliphatic rings. The number of aromatic nitrogens is 3. The third-order valence-electron chi connectivity index (χ3n) is 1.18. The summed E-state index contributed by atoms with van der Waals surface area (Å²) in [5.41, 5.74) is 0. The lowest BCUT2D eigenvalue weighted by molar-refractivity contribution is 0.147. The summed E-state index contributed by atoms with van der Waals surface area (Å²) in [4.78, 5) is 14.7. The smallest absolute Gasteiger partial charge is 0.414 e. The Labute approximate surface area is 75.7 Å². The molecule has 0 fully saturated rings. The van der Waals surface area contributed by atoms with Crippen molar-refractivity contribution in [2.75, 3.05) is 11.9 Å². The number of nitrogens with one attached hydrogen (secondary N) is 2. The number of rotatable bonds is 3. The fourth-order valence-electron chi connectivity index (χ4n) is 0.641. The average Bonchev–Trinajstić information content (AvgIpc) is 2.53.